The third-order valence-corrected chi connectivity index (χ3v) is 5.09. The standard InChI is InChI=1S/C18H13NO3S2/c1-11-2-4-12(5-3-11)8-16-17(20)19(18(23)24-16)13-6-7-14-15(9-13)22-10-21-14/h2-9H,10H2,1H3/b16-8+. The summed E-state index contributed by atoms with van der Waals surface area (Å²) in [6, 6.07) is 13.4. The molecule has 1 saturated heterocycles. The molecule has 4 nitrogen and oxygen atoms in total. The summed E-state index contributed by atoms with van der Waals surface area (Å²) in [5.41, 5.74) is 2.85. The molecule has 2 heterocycles. The molecule has 0 aromatic heterocycles. The summed E-state index contributed by atoms with van der Waals surface area (Å²) in [7, 11) is 0. The van der Waals surface area contributed by atoms with E-state index in [9.17, 15) is 4.79 Å². The van der Waals surface area contributed by atoms with Crippen LogP contribution in [0.25, 0.3) is 6.08 Å². The van der Waals surface area contributed by atoms with Gasteiger partial charge in [-0.1, -0.05) is 53.8 Å². The maximum atomic E-state index is 12.8. The van der Waals surface area contributed by atoms with Crippen molar-refractivity contribution in [3.63, 3.8) is 0 Å². The van der Waals surface area contributed by atoms with Crippen LogP contribution in [0.4, 0.5) is 5.69 Å². The molecule has 2 aromatic carbocycles. The van der Waals surface area contributed by atoms with Crippen molar-refractivity contribution in [2.45, 2.75) is 6.92 Å². The van der Waals surface area contributed by atoms with Gasteiger partial charge in [0.15, 0.2) is 15.8 Å². The van der Waals surface area contributed by atoms with E-state index in [1.807, 2.05) is 43.3 Å². The lowest BCUT2D eigenvalue weighted by atomic mass is 10.1. The Morgan fingerprint density at radius 3 is 2.67 bits per heavy atom. The Morgan fingerprint density at radius 2 is 1.88 bits per heavy atom. The maximum absolute atomic E-state index is 12.8. The first-order valence-electron chi connectivity index (χ1n) is 7.36. The molecule has 0 saturated carbocycles. The van der Waals surface area contributed by atoms with Crippen LogP contribution in [-0.2, 0) is 4.79 Å². The Hall–Kier alpha value is -2.31. The number of aryl methyl sites for hydroxylation is 1. The van der Waals surface area contributed by atoms with Crippen molar-refractivity contribution in [3.8, 4) is 11.5 Å². The van der Waals surface area contributed by atoms with E-state index in [1.54, 1.807) is 12.1 Å². The largest absolute Gasteiger partial charge is 0.454 e. The van der Waals surface area contributed by atoms with Crippen LogP contribution >= 0.6 is 24.0 Å². The van der Waals surface area contributed by atoms with E-state index in [2.05, 4.69) is 0 Å². The van der Waals surface area contributed by atoms with Crippen molar-refractivity contribution in [2.75, 3.05) is 11.7 Å². The Kier molecular flexibility index (Phi) is 3.78. The number of carbonyl (C=O) groups excluding carboxylic acids is 1. The monoisotopic (exact) mass is 355 g/mol. The molecule has 2 aliphatic heterocycles. The average Bonchev–Trinajstić information content (AvgIpc) is 3.14. The molecule has 0 spiro atoms. The molecule has 2 aromatic rings. The molecule has 0 unspecified atom stereocenters. The van der Waals surface area contributed by atoms with Crippen molar-refractivity contribution in [2.24, 2.45) is 0 Å². The summed E-state index contributed by atoms with van der Waals surface area (Å²) in [6.07, 6.45) is 1.87. The van der Waals surface area contributed by atoms with Crippen LogP contribution in [0.2, 0.25) is 0 Å². The van der Waals surface area contributed by atoms with Crippen LogP contribution in [0.1, 0.15) is 11.1 Å². The van der Waals surface area contributed by atoms with Crippen molar-refractivity contribution in [3.05, 3.63) is 58.5 Å². The SMILES string of the molecule is Cc1ccc(/C=C2/SC(=S)N(c3ccc4c(c3)OCO4)C2=O)cc1. The van der Waals surface area contributed by atoms with Crippen LogP contribution in [0, 0.1) is 6.92 Å². The Morgan fingerprint density at radius 1 is 1.12 bits per heavy atom. The minimum Gasteiger partial charge on any atom is -0.454 e. The molecule has 0 N–H and O–H groups in total. The van der Waals surface area contributed by atoms with Crippen LogP contribution in [0.5, 0.6) is 11.5 Å². The fourth-order valence-electron chi connectivity index (χ4n) is 2.53. The van der Waals surface area contributed by atoms with Crippen molar-refractivity contribution < 1.29 is 14.3 Å². The quantitative estimate of drug-likeness (QED) is 0.598. The number of hydrogen-bond donors (Lipinski definition) is 0. The molecule has 0 atom stereocenters. The van der Waals surface area contributed by atoms with Crippen LogP contribution < -0.4 is 14.4 Å². The highest BCUT2D eigenvalue weighted by Crippen LogP contribution is 2.40. The average molecular weight is 355 g/mol. The number of fused-ring (bicyclic) bond motifs is 1. The highest BCUT2D eigenvalue weighted by atomic mass is 32.2. The van der Waals surface area contributed by atoms with Crippen molar-refractivity contribution >= 4 is 46.0 Å². The Bertz CT molecular complexity index is 874. The highest BCUT2D eigenvalue weighted by Gasteiger charge is 2.34. The first kappa shape index (κ1) is 15.2. The molecule has 0 radical (unpaired) electrons. The second-order valence-electron chi connectivity index (χ2n) is 5.47. The number of benzene rings is 2. The number of anilines is 1. The van der Waals surface area contributed by atoms with Gasteiger partial charge in [-0.15, -0.1) is 0 Å². The first-order valence-corrected chi connectivity index (χ1v) is 8.58. The van der Waals surface area contributed by atoms with Gasteiger partial charge in [-0.05, 0) is 30.7 Å². The van der Waals surface area contributed by atoms with Gasteiger partial charge in [-0.2, -0.15) is 0 Å². The molecule has 0 bridgehead atoms. The number of thioether (sulfide) groups is 1. The lowest BCUT2D eigenvalue weighted by molar-refractivity contribution is -0.113. The number of nitrogens with zero attached hydrogens (tertiary/aromatic N) is 1. The molecule has 120 valence electrons. The van der Waals surface area contributed by atoms with Crippen LogP contribution in [0.3, 0.4) is 0 Å². The number of hydrogen-bond acceptors (Lipinski definition) is 5. The Labute approximate surface area is 149 Å². The fourth-order valence-corrected chi connectivity index (χ4v) is 3.83. The van der Waals surface area contributed by atoms with E-state index in [1.165, 1.54) is 22.2 Å². The maximum Gasteiger partial charge on any atom is 0.270 e. The summed E-state index contributed by atoms with van der Waals surface area (Å²) in [5.74, 6) is 1.19. The van der Waals surface area contributed by atoms with Gasteiger partial charge in [0.1, 0.15) is 0 Å². The molecular weight excluding hydrogens is 342 g/mol. The van der Waals surface area contributed by atoms with Gasteiger partial charge in [-0.25, -0.2) is 0 Å². The second kappa shape index (κ2) is 5.96. The molecule has 24 heavy (non-hydrogen) atoms. The molecule has 1 amide bonds. The van der Waals surface area contributed by atoms with E-state index in [0.29, 0.717) is 26.4 Å². The third kappa shape index (κ3) is 2.68. The molecule has 0 aliphatic carbocycles. The second-order valence-corrected chi connectivity index (χ2v) is 7.14. The van der Waals surface area contributed by atoms with E-state index in [-0.39, 0.29) is 12.7 Å². The number of carbonyl (C=O) groups is 1. The minimum absolute atomic E-state index is 0.121. The number of amides is 1. The van der Waals surface area contributed by atoms with Gasteiger partial charge in [0, 0.05) is 6.07 Å². The number of rotatable bonds is 2. The normalized spacial score (nSPS) is 17.9. The number of ether oxygens (including phenoxy) is 2. The highest BCUT2D eigenvalue weighted by molar-refractivity contribution is 8.27. The van der Waals surface area contributed by atoms with Gasteiger partial charge >= 0.3 is 0 Å². The van der Waals surface area contributed by atoms with Crippen LogP contribution in [-0.4, -0.2) is 17.0 Å². The summed E-state index contributed by atoms with van der Waals surface area (Å²) in [5, 5.41) is 0. The molecule has 2 aliphatic rings. The van der Waals surface area contributed by atoms with Gasteiger partial charge in [0.05, 0.1) is 10.6 Å². The van der Waals surface area contributed by atoms with E-state index < -0.39 is 0 Å². The zero-order valence-electron chi connectivity index (χ0n) is 12.8. The summed E-state index contributed by atoms with van der Waals surface area (Å²) >= 11 is 6.70. The predicted octanol–water partition coefficient (Wildman–Crippen LogP) is 4.13. The summed E-state index contributed by atoms with van der Waals surface area (Å²) < 4.78 is 11.2. The van der Waals surface area contributed by atoms with Crippen molar-refractivity contribution in [1.82, 2.24) is 0 Å². The lowest BCUT2D eigenvalue weighted by Gasteiger charge is -2.14. The smallest absolute Gasteiger partial charge is 0.270 e. The molecule has 6 heteroatoms. The van der Waals surface area contributed by atoms with Crippen LogP contribution in [0.15, 0.2) is 47.4 Å². The molecular formula is C18H13NO3S2. The summed E-state index contributed by atoms with van der Waals surface area (Å²) in [6.45, 7) is 2.23. The van der Waals surface area contributed by atoms with Gasteiger partial charge in [-0.3, -0.25) is 9.69 Å². The fraction of sp³-hybridized carbons (Fsp3) is 0.111. The lowest BCUT2D eigenvalue weighted by Crippen LogP contribution is -2.27. The zero-order valence-corrected chi connectivity index (χ0v) is 14.4. The van der Waals surface area contributed by atoms with E-state index >= 15 is 0 Å². The number of thiocarbonyl (C=S) groups is 1. The predicted molar refractivity (Wildman–Crippen MR) is 99.4 cm³/mol. The zero-order chi connectivity index (χ0) is 16.7. The molecule has 4 rings (SSSR count). The van der Waals surface area contributed by atoms with E-state index in [0.717, 1.165) is 5.56 Å². The third-order valence-electron chi connectivity index (χ3n) is 3.78. The topological polar surface area (TPSA) is 38.8 Å². The molecule has 1 fully saturated rings. The minimum atomic E-state index is -0.121. The van der Waals surface area contributed by atoms with Crippen molar-refractivity contribution in [1.29, 1.82) is 0 Å². The van der Waals surface area contributed by atoms with Gasteiger partial charge in [0.2, 0.25) is 6.79 Å². The summed E-state index contributed by atoms with van der Waals surface area (Å²) in [4.78, 5) is 14.9. The first-order chi connectivity index (χ1) is 11.6. The van der Waals surface area contributed by atoms with E-state index in [4.69, 9.17) is 21.7 Å². The Balaban J connectivity index is 1.65. The van der Waals surface area contributed by atoms with Gasteiger partial charge in [0.25, 0.3) is 5.91 Å². The van der Waals surface area contributed by atoms with Gasteiger partial charge < -0.3 is 9.47 Å².